The van der Waals surface area contributed by atoms with Crippen molar-refractivity contribution in [2.45, 2.75) is 25.7 Å². The van der Waals surface area contributed by atoms with Crippen LogP contribution in [0.4, 0.5) is 4.39 Å². The molecule has 4 nitrogen and oxygen atoms in total. The molecular weight excluding hydrogens is 297 g/mol. The van der Waals surface area contributed by atoms with E-state index in [0.717, 1.165) is 5.56 Å². The lowest BCUT2D eigenvalue weighted by Crippen LogP contribution is -2.37. The van der Waals surface area contributed by atoms with Crippen LogP contribution in [-0.4, -0.2) is 24.2 Å². The molecule has 0 aliphatic heterocycles. The number of carbonyl (C=O) groups is 1. The van der Waals surface area contributed by atoms with Crippen LogP contribution in [0, 0.1) is 5.82 Å². The number of carbonyl (C=O) groups excluding carboxylic acids is 1. The maximum atomic E-state index is 12.9. The SMILES string of the molecule is COCc1ccc(C(=O)NC(C)C(O)c2ccc(F)cc2)cc1. The van der Waals surface area contributed by atoms with Crippen LogP contribution in [0.3, 0.4) is 0 Å². The molecule has 2 aromatic carbocycles. The van der Waals surface area contributed by atoms with Crippen LogP contribution in [0.25, 0.3) is 0 Å². The molecule has 0 aliphatic rings. The predicted molar refractivity (Wildman–Crippen MR) is 85.4 cm³/mol. The molecule has 0 fully saturated rings. The number of aliphatic hydroxyl groups is 1. The van der Waals surface area contributed by atoms with E-state index in [1.807, 2.05) is 12.1 Å². The molecule has 2 N–H and O–H groups in total. The van der Waals surface area contributed by atoms with Crippen LogP contribution in [0.2, 0.25) is 0 Å². The van der Waals surface area contributed by atoms with E-state index in [0.29, 0.717) is 17.7 Å². The summed E-state index contributed by atoms with van der Waals surface area (Å²) in [6.07, 6.45) is -0.910. The number of nitrogens with one attached hydrogen (secondary N) is 1. The minimum absolute atomic E-state index is 0.275. The van der Waals surface area contributed by atoms with Crippen molar-refractivity contribution in [1.82, 2.24) is 5.32 Å². The Labute approximate surface area is 134 Å². The summed E-state index contributed by atoms with van der Waals surface area (Å²) in [5, 5.41) is 13.0. The molecule has 5 heteroatoms. The molecule has 0 bridgehead atoms. The molecule has 2 rings (SSSR count). The Hall–Kier alpha value is -2.24. The van der Waals surface area contributed by atoms with E-state index >= 15 is 0 Å². The molecule has 0 heterocycles. The first-order valence-corrected chi connectivity index (χ1v) is 7.33. The van der Waals surface area contributed by atoms with Gasteiger partial charge in [0.05, 0.1) is 18.8 Å². The largest absolute Gasteiger partial charge is 0.386 e. The second-order valence-electron chi connectivity index (χ2n) is 5.39. The number of hydrogen-bond donors (Lipinski definition) is 2. The fourth-order valence-corrected chi connectivity index (χ4v) is 2.24. The minimum atomic E-state index is -0.910. The third-order valence-electron chi connectivity index (χ3n) is 3.57. The predicted octanol–water partition coefficient (Wildman–Crippen LogP) is 2.82. The number of benzene rings is 2. The lowest BCUT2D eigenvalue weighted by molar-refractivity contribution is 0.0852. The van der Waals surface area contributed by atoms with Gasteiger partial charge in [-0.3, -0.25) is 4.79 Å². The van der Waals surface area contributed by atoms with Crippen molar-refractivity contribution >= 4 is 5.91 Å². The number of halogens is 1. The Morgan fingerprint density at radius 3 is 2.35 bits per heavy atom. The number of hydrogen-bond acceptors (Lipinski definition) is 3. The molecule has 1 amide bonds. The molecule has 2 unspecified atom stereocenters. The fourth-order valence-electron chi connectivity index (χ4n) is 2.24. The van der Waals surface area contributed by atoms with Gasteiger partial charge < -0.3 is 15.2 Å². The quantitative estimate of drug-likeness (QED) is 0.861. The van der Waals surface area contributed by atoms with Gasteiger partial charge in [-0.25, -0.2) is 4.39 Å². The normalized spacial score (nSPS) is 13.4. The van der Waals surface area contributed by atoms with Gasteiger partial charge in [0, 0.05) is 12.7 Å². The van der Waals surface area contributed by atoms with E-state index in [4.69, 9.17) is 4.74 Å². The summed E-state index contributed by atoms with van der Waals surface area (Å²) in [6, 6.07) is 12.1. The van der Waals surface area contributed by atoms with Crippen molar-refractivity contribution in [2.24, 2.45) is 0 Å². The highest BCUT2D eigenvalue weighted by molar-refractivity contribution is 5.94. The topological polar surface area (TPSA) is 58.6 Å². The first kappa shape index (κ1) is 17.1. The van der Waals surface area contributed by atoms with Crippen LogP contribution in [0.1, 0.15) is 34.5 Å². The maximum Gasteiger partial charge on any atom is 0.251 e. The van der Waals surface area contributed by atoms with Gasteiger partial charge in [0.2, 0.25) is 0 Å². The molecule has 0 saturated carbocycles. The standard InChI is InChI=1S/C18H20FNO3/c1-12(17(21)14-7-9-16(19)10-8-14)20-18(22)15-5-3-13(4-6-15)11-23-2/h3-10,12,17,21H,11H2,1-2H3,(H,20,22). The monoisotopic (exact) mass is 317 g/mol. The summed E-state index contributed by atoms with van der Waals surface area (Å²) in [6.45, 7) is 2.19. The summed E-state index contributed by atoms with van der Waals surface area (Å²) in [5.74, 6) is -0.642. The Bertz CT molecular complexity index is 640. The van der Waals surface area contributed by atoms with Crippen molar-refractivity contribution in [3.8, 4) is 0 Å². The Kier molecular flexibility index (Phi) is 5.84. The van der Waals surface area contributed by atoms with E-state index in [1.165, 1.54) is 24.3 Å². The molecule has 2 atom stereocenters. The lowest BCUT2D eigenvalue weighted by Gasteiger charge is -2.20. The van der Waals surface area contributed by atoms with Crippen molar-refractivity contribution in [3.05, 3.63) is 71.0 Å². The van der Waals surface area contributed by atoms with Crippen molar-refractivity contribution in [1.29, 1.82) is 0 Å². The highest BCUT2D eigenvalue weighted by Crippen LogP contribution is 2.17. The van der Waals surface area contributed by atoms with Gasteiger partial charge in [-0.05, 0) is 42.3 Å². The zero-order valence-corrected chi connectivity index (χ0v) is 13.1. The number of aliphatic hydroxyl groups excluding tert-OH is 1. The molecule has 0 spiro atoms. The first-order chi connectivity index (χ1) is 11.0. The Morgan fingerprint density at radius 1 is 1.17 bits per heavy atom. The van der Waals surface area contributed by atoms with E-state index < -0.39 is 12.1 Å². The minimum Gasteiger partial charge on any atom is -0.386 e. The smallest absolute Gasteiger partial charge is 0.251 e. The molecule has 2 aromatic rings. The van der Waals surface area contributed by atoms with Crippen LogP contribution in [0.15, 0.2) is 48.5 Å². The van der Waals surface area contributed by atoms with Gasteiger partial charge in [0.25, 0.3) is 5.91 Å². The van der Waals surface area contributed by atoms with E-state index in [9.17, 15) is 14.3 Å². The number of methoxy groups -OCH3 is 1. The van der Waals surface area contributed by atoms with E-state index in [1.54, 1.807) is 26.2 Å². The number of amides is 1. The molecule has 0 saturated heterocycles. The van der Waals surface area contributed by atoms with Gasteiger partial charge >= 0.3 is 0 Å². The molecular formula is C18H20FNO3. The fraction of sp³-hybridized carbons (Fsp3) is 0.278. The third kappa shape index (κ3) is 4.61. The number of ether oxygens (including phenoxy) is 1. The summed E-state index contributed by atoms with van der Waals surface area (Å²) in [4.78, 5) is 12.2. The average Bonchev–Trinajstić information content (AvgIpc) is 2.55. The average molecular weight is 317 g/mol. The molecule has 122 valence electrons. The van der Waals surface area contributed by atoms with Gasteiger partial charge in [0.1, 0.15) is 5.82 Å². The molecule has 0 radical (unpaired) electrons. The van der Waals surface area contributed by atoms with Crippen LogP contribution in [-0.2, 0) is 11.3 Å². The summed E-state index contributed by atoms with van der Waals surface area (Å²) < 4.78 is 17.9. The van der Waals surface area contributed by atoms with Gasteiger partial charge in [-0.2, -0.15) is 0 Å². The van der Waals surface area contributed by atoms with Gasteiger partial charge in [0.15, 0.2) is 0 Å². The van der Waals surface area contributed by atoms with E-state index in [2.05, 4.69) is 5.32 Å². The summed E-state index contributed by atoms with van der Waals surface area (Å²) in [5.41, 5.74) is 2.03. The van der Waals surface area contributed by atoms with Crippen molar-refractivity contribution in [3.63, 3.8) is 0 Å². The van der Waals surface area contributed by atoms with E-state index in [-0.39, 0.29) is 11.7 Å². The van der Waals surface area contributed by atoms with Gasteiger partial charge in [-0.15, -0.1) is 0 Å². The molecule has 0 aromatic heterocycles. The summed E-state index contributed by atoms with van der Waals surface area (Å²) >= 11 is 0. The Morgan fingerprint density at radius 2 is 1.78 bits per heavy atom. The van der Waals surface area contributed by atoms with Crippen molar-refractivity contribution in [2.75, 3.05) is 7.11 Å². The third-order valence-corrected chi connectivity index (χ3v) is 3.57. The second kappa shape index (κ2) is 7.85. The summed E-state index contributed by atoms with van der Waals surface area (Å²) in [7, 11) is 1.61. The second-order valence-corrected chi connectivity index (χ2v) is 5.39. The zero-order valence-electron chi connectivity index (χ0n) is 13.1. The lowest BCUT2D eigenvalue weighted by atomic mass is 10.0. The first-order valence-electron chi connectivity index (χ1n) is 7.33. The highest BCUT2D eigenvalue weighted by atomic mass is 19.1. The van der Waals surface area contributed by atoms with Crippen LogP contribution >= 0.6 is 0 Å². The van der Waals surface area contributed by atoms with Crippen molar-refractivity contribution < 1.29 is 19.0 Å². The molecule has 23 heavy (non-hydrogen) atoms. The molecule has 0 aliphatic carbocycles. The zero-order chi connectivity index (χ0) is 16.8. The highest BCUT2D eigenvalue weighted by Gasteiger charge is 2.19. The maximum absolute atomic E-state index is 12.9. The van der Waals surface area contributed by atoms with Crippen LogP contribution < -0.4 is 5.32 Å². The number of rotatable bonds is 6. The Balaban J connectivity index is 1.99. The van der Waals surface area contributed by atoms with Crippen LogP contribution in [0.5, 0.6) is 0 Å². The van der Waals surface area contributed by atoms with Gasteiger partial charge in [-0.1, -0.05) is 24.3 Å².